The van der Waals surface area contributed by atoms with Crippen LogP contribution in [-0.2, 0) is 22.7 Å². The predicted molar refractivity (Wildman–Crippen MR) is 130 cm³/mol. The molecule has 0 aliphatic carbocycles. The van der Waals surface area contributed by atoms with Crippen molar-refractivity contribution in [3.05, 3.63) is 93.0 Å². The third-order valence-electron chi connectivity index (χ3n) is 5.46. The minimum atomic E-state index is -3.43. The highest BCUT2D eigenvalue weighted by Gasteiger charge is 2.25. The van der Waals surface area contributed by atoms with Gasteiger partial charge in [-0.25, -0.2) is 12.8 Å². The first-order valence-electron chi connectivity index (χ1n) is 10.9. The van der Waals surface area contributed by atoms with E-state index in [9.17, 15) is 22.9 Å². The molecule has 1 heterocycles. The topological polar surface area (TPSA) is 109 Å². The van der Waals surface area contributed by atoms with Crippen molar-refractivity contribution in [2.45, 2.75) is 25.7 Å². The molecule has 0 fully saturated rings. The summed E-state index contributed by atoms with van der Waals surface area (Å²) in [4.78, 5) is 15.6. The summed E-state index contributed by atoms with van der Waals surface area (Å²) in [6.07, 6.45) is 2.74. The Morgan fingerprint density at radius 2 is 1.89 bits per heavy atom. The summed E-state index contributed by atoms with van der Waals surface area (Å²) in [5.74, 6) is -0.305. The van der Waals surface area contributed by atoms with E-state index in [1.165, 1.54) is 25.4 Å². The van der Waals surface area contributed by atoms with E-state index in [1.807, 2.05) is 6.92 Å². The van der Waals surface area contributed by atoms with Crippen molar-refractivity contribution in [3.8, 4) is 11.5 Å². The number of hydrogen-bond acceptors (Lipinski definition) is 7. The number of nitrogens with zero attached hydrogens (tertiary/aromatic N) is 2. The third kappa shape index (κ3) is 6.98. The van der Waals surface area contributed by atoms with Gasteiger partial charge in [0.1, 0.15) is 21.3 Å². The van der Waals surface area contributed by atoms with Gasteiger partial charge in [-0.05, 0) is 41.8 Å². The van der Waals surface area contributed by atoms with Crippen LogP contribution in [0, 0.1) is 15.9 Å². The molecule has 0 radical (unpaired) electrons. The molecule has 1 aromatic heterocycles. The lowest BCUT2D eigenvalue weighted by Crippen LogP contribution is -2.17. The molecule has 2 aromatic carbocycles. The summed E-state index contributed by atoms with van der Waals surface area (Å²) < 4.78 is 49.4. The van der Waals surface area contributed by atoms with Crippen molar-refractivity contribution in [3.63, 3.8) is 0 Å². The van der Waals surface area contributed by atoms with E-state index in [-0.39, 0.29) is 30.0 Å². The van der Waals surface area contributed by atoms with Crippen LogP contribution in [0.4, 0.5) is 10.1 Å². The molecule has 0 amide bonds. The minimum absolute atomic E-state index is 0.0151. The van der Waals surface area contributed by atoms with Gasteiger partial charge in [-0.2, -0.15) is 0 Å². The Labute approximate surface area is 203 Å². The quantitative estimate of drug-likeness (QED) is 0.281. The van der Waals surface area contributed by atoms with E-state index in [2.05, 4.69) is 4.98 Å². The second-order valence-corrected chi connectivity index (χ2v) is 10.4. The van der Waals surface area contributed by atoms with Gasteiger partial charge in [0.15, 0.2) is 11.5 Å². The summed E-state index contributed by atoms with van der Waals surface area (Å²) in [5, 5.41) is 11.9. The van der Waals surface area contributed by atoms with Crippen LogP contribution < -0.4 is 9.47 Å². The van der Waals surface area contributed by atoms with E-state index >= 15 is 0 Å². The summed E-state index contributed by atoms with van der Waals surface area (Å²) >= 11 is 0. The van der Waals surface area contributed by atoms with Gasteiger partial charge in [-0.3, -0.25) is 15.1 Å². The zero-order valence-corrected chi connectivity index (χ0v) is 20.5. The number of aromatic nitrogens is 1. The molecule has 0 spiro atoms. The fourth-order valence-corrected chi connectivity index (χ4v) is 4.93. The van der Waals surface area contributed by atoms with Gasteiger partial charge in [0.2, 0.25) is 0 Å². The summed E-state index contributed by atoms with van der Waals surface area (Å²) in [7, 11) is -1.93. The number of hydrogen-bond donors (Lipinski definition) is 0. The average Bonchev–Trinajstić information content (AvgIpc) is 2.80. The lowest BCUT2D eigenvalue weighted by molar-refractivity contribution is -0.386. The van der Waals surface area contributed by atoms with Crippen molar-refractivity contribution in [2.75, 3.05) is 25.7 Å². The zero-order valence-electron chi connectivity index (χ0n) is 19.7. The van der Waals surface area contributed by atoms with Crippen LogP contribution >= 0.6 is 0 Å². The SMILES string of the molecule is CCOc1cc([C@H](Cc2ncc(Cc3ccccc3F)cc2[N+](=O)[O-])CS(C)(=O)=O)ccc1OC. The summed E-state index contributed by atoms with van der Waals surface area (Å²) in [6, 6.07) is 12.6. The van der Waals surface area contributed by atoms with Crippen molar-refractivity contribution >= 4 is 15.5 Å². The molecular weight excluding hydrogens is 475 g/mol. The molecule has 0 saturated heterocycles. The standard InChI is InChI=1S/C25H27FN2O6S/c1-4-34-25-14-18(9-10-24(25)33-2)20(16-35(3,31)32)13-22-23(28(29)30)12-17(15-27-22)11-19-7-5-6-8-21(19)26/h5-10,12,14-15,20H,4,11,13,16H2,1-3H3/t20-/m1/s1. The number of halogens is 1. The molecule has 0 unspecified atom stereocenters. The molecule has 0 saturated carbocycles. The van der Waals surface area contributed by atoms with Crippen molar-refractivity contribution < 1.29 is 27.2 Å². The molecule has 1 atom stereocenters. The molecule has 3 aromatic rings. The Balaban J connectivity index is 1.98. The van der Waals surface area contributed by atoms with E-state index in [4.69, 9.17) is 9.47 Å². The Hall–Kier alpha value is -3.53. The first-order chi connectivity index (χ1) is 16.6. The van der Waals surface area contributed by atoms with Gasteiger partial charge in [0.25, 0.3) is 5.69 Å². The predicted octanol–water partition coefficient (Wildman–Crippen LogP) is 4.50. The van der Waals surface area contributed by atoms with Crippen LogP contribution in [0.2, 0.25) is 0 Å². The maximum absolute atomic E-state index is 14.0. The van der Waals surface area contributed by atoms with Crippen LogP contribution in [0.1, 0.15) is 35.2 Å². The number of rotatable bonds is 11. The summed E-state index contributed by atoms with van der Waals surface area (Å²) in [5.41, 5.74) is 1.41. The fourth-order valence-electron chi connectivity index (χ4n) is 3.88. The van der Waals surface area contributed by atoms with Crippen LogP contribution in [0.3, 0.4) is 0 Å². The molecule has 0 bridgehead atoms. The second kappa shape index (κ2) is 11.3. The third-order valence-corrected chi connectivity index (χ3v) is 6.46. The van der Waals surface area contributed by atoms with Gasteiger partial charge in [-0.15, -0.1) is 0 Å². The molecule has 0 N–H and O–H groups in total. The highest BCUT2D eigenvalue weighted by Crippen LogP contribution is 2.34. The number of ether oxygens (including phenoxy) is 2. The van der Waals surface area contributed by atoms with Crippen LogP contribution in [0.15, 0.2) is 54.7 Å². The molecule has 35 heavy (non-hydrogen) atoms. The van der Waals surface area contributed by atoms with E-state index in [0.29, 0.717) is 34.8 Å². The van der Waals surface area contributed by atoms with E-state index < -0.39 is 26.5 Å². The first-order valence-corrected chi connectivity index (χ1v) is 13.0. The molecule has 10 heteroatoms. The number of pyridine rings is 1. The first kappa shape index (κ1) is 26.1. The minimum Gasteiger partial charge on any atom is -0.493 e. The largest absolute Gasteiger partial charge is 0.493 e. The highest BCUT2D eigenvalue weighted by atomic mass is 32.2. The Kier molecular flexibility index (Phi) is 8.39. The molecule has 3 rings (SSSR count). The van der Waals surface area contributed by atoms with Crippen molar-refractivity contribution in [1.82, 2.24) is 4.98 Å². The molecular formula is C25H27FN2O6S. The molecule has 0 aliphatic heterocycles. The lowest BCUT2D eigenvalue weighted by Gasteiger charge is -2.19. The van der Waals surface area contributed by atoms with Crippen molar-refractivity contribution in [2.24, 2.45) is 0 Å². The smallest absolute Gasteiger partial charge is 0.291 e. The molecule has 8 nitrogen and oxygen atoms in total. The Morgan fingerprint density at radius 3 is 2.51 bits per heavy atom. The lowest BCUT2D eigenvalue weighted by atomic mass is 9.94. The molecule has 0 aliphatic rings. The van der Waals surface area contributed by atoms with E-state index in [0.717, 1.165) is 6.26 Å². The van der Waals surface area contributed by atoms with Crippen LogP contribution in [0.5, 0.6) is 11.5 Å². The maximum Gasteiger partial charge on any atom is 0.291 e. The van der Waals surface area contributed by atoms with Gasteiger partial charge < -0.3 is 9.47 Å². The number of nitro groups is 1. The normalized spacial score (nSPS) is 12.2. The Morgan fingerprint density at radius 1 is 1.14 bits per heavy atom. The second-order valence-electron chi connectivity index (χ2n) is 8.17. The van der Waals surface area contributed by atoms with Gasteiger partial charge >= 0.3 is 0 Å². The van der Waals surface area contributed by atoms with Gasteiger partial charge in [-0.1, -0.05) is 24.3 Å². The monoisotopic (exact) mass is 502 g/mol. The average molecular weight is 503 g/mol. The summed E-state index contributed by atoms with van der Waals surface area (Å²) in [6.45, 7) is 2.20. The van der Waals surface area contributed by atoms with Gasteiger partial charge in [0, 0.05) is 37.3 Å². The number of sulfone groups is 1. The maximum atomic E-state index is 14.0. The number of methoxy groups -OCH3 is 1. The Bertz CT molecular complexity index is 1310. The zero-order chi connectivity index (χ0) is 25.6. The van der Waals surface area contributed by atoms with E-state index in [1.54, 1.807) is 36.4 Å². The van der Waals surface area contributed by atoms with Gasteiger partial charge in [0.05, 0.1) is 24.4 Å². The highest BCUT2D eigenvalue weighted by molar-refractivity contribution is 7.90. The van der Waals surface area contributed by atoms with Crippen molar-refractivity contribution in [1.29, 1.82) is 0 Å². The van der Waals surface area contributed by atoms with Crippen LogP contribution in [0.25, 0.3) is 0 Å². The molecule has 186 valence electrons. The number of benzene rings is 2. The fraction of sp³-hybridized carbons (Fsp3) is 0.320. The van der Waals surface area contributed by atoms with Crippen LogP contribution in [-0.4, -0.2) is 44.1 Å².